The number of carbonyl (C=O) groups excluding carboxylic acids is 4. The van der Waals surface area contributed by atoms with Crippen molar-refractivity contribution in [2.24, 2.45) is 0 Å². The molecule has 0 fully saturated rings. The molecule has 4 amide bonds. The van der Waals surface area contributed by atoms with E-state index >= 15 is 0 Å². The van der Waals surface area contributed by atoms with Crippen LogP contribution in [0.25, 0.3) is 10.8 Å². The smallest absolute Gasteiger partial charge is 0.261 e. The number of imide groups is 2. The van der Waals surface area contributed by atoms with Crippen LogP contribution in [0.2, 0.25) is 0 Å². The van der Waals surface area contributed by atoms with Gasteiger partial charge in [-0.05, 0) is 38.1 Å². The van der Waals surface area contributed by atoms with E-state index in [1.807, 2.05) is 0 Å². The predicted molar refractivity (Wildman–Crippen MR) is 86.0 cm³/mol. The van der Waals surface area contributed by atoms with E-state index in [1.165, 1.54) is 9.80 Å². The van der Waals surface area contributed by atoms with Crippen molar-refractivity contribution in [2.75, 3.05) is 13.1 Å². The second kappa shape index (κ2) is 4.74. The summed E-state index contributed by atoms with van der Waals surface area (Å²) in [6.07, 6.45) is 0. The second-order valence-electron chi connectivity index (χ2n) is 5.78. The fourth-order valence-corrected chi connectivity index (χ4v) is 3.55. The van der Waals surface area contributed by atoms with Gasteiger partial charge in [-0.2, -0.15) is 0 Å². The molecule has 6 nitrogen and oxygen atoms in total. The molecule has 120 valence electrons. The van der Waals surface area contributed by atoms with Gasteiger partial charge in [0, 0.05) is 46.1 Å². The molecule has 0 aromatic heterocycles. The third-order valence-electron chi connectivity index (χ3n) is 4.70. The Kier molecular flexibility index (Phi) is 2.87. The molecule has 6 heteroatoms. The second-order valence-corrected chi connectivity index (χ2v) is 5.78. The van der Waals surface area contributed by atoms with E-state index in [1.54, 1.807) is 38.1 Å². The fourth-order valence-electron chi connectivity index (χ4n) is 3.55. The van der Waals surface area contributed by atoms with Gasteiger partial charge >= 0.3 is 0 Å². The van der Waals surface area contributed by atoms with Crippen LogP contribution in [0.5, 0.6) is 0 Å². The maximum atomic E-state index is 12.6. The Labute approximate surface area is 137 Å². The first kappa shape index (κ1) is 14.6. The van der Waals surface area contributed by atoms with Crippen molar-refractivity contribution in [3.8, 4) is 0 Å². The van der Waals surface area contributed by atoms with Crippen LogP contribution in [-0.4, -0.2) is 46.5 Å². The Morgan fingerprint density at radius 1 is 0.583 bits per heavy atom. The molecule has 24 heavy (non-hydrogen) atoms. The van der Waals surface area contributed by atoms with E-state index in [2.05, 4.69) is 0 Å². The van der Waals surface area contributed by atoms with Gasteiger partial charge in [0.1, 0.15) is 0 Å². The molecule has 2 aliphatic heterocycles. The van der Waals surface area contributed by atoms with Crippen LogP contribution >= 0.6 is 0 Å². The molecule has 0 aliphatic carbocycles. The van der Waals surface area contributed by atoms with E-state index in [0.29, 0.717) is 33.0 Å². The lowest BCUT2D eigenvalue weighted by molar-refractivity contribution is 0.0597. The minimum Gasteiger partial charge on any atom is -0.275 e. The predicted octanol–water partition coefficient (Wildman–Crippen LogP) is 2.07. The van der Waals surface area contributed by atoms with E-state index in [0.717, 1.165) is 0 Å². The number of nitrogens with zero attached hydrogens (tertiary/aromatic N) is 2. The summed E-state index contributed by atoms with van der Waals surface area (Å²) >= 11 is 0. The molecule has 2 heterocycles. The summed E-state index contributed by atoms with van der Waals surface area (Å²) in [5, 5.41) is 0.837. The van der Waals surface area contributed by atoms with E-state index in [9.17, 15) is 19.2 Å². The average Bonchev–Trinajstić information content (AvgIpc) is 2.58. The normalized spacial score (nSPS) is 16.4. The topological polar surface area (TPSA) is 74.8 Å². The maximum absolute atomic E-state index is 12.6. The summed E-state index contributed by atoms with van der Waals surface area (Å²) in [4.78, 5) is 52.7. The van der Waals surface area contributed by atoms with Crippen molar-refractivity contribution in [3.05, 3.63) is 46.5 Å². The van der Waals surface area contributed by atoms with Crippen LogP contribution in [0.4, 0.5) is 0 Å². The molecular weight excluding hydrogens is 308 g/mol. The molecule has 0 spiro atoms. The molecule has 2 aliphatic rings. The largest absolute Gasteiger partial charge is 0.275 e. The van der Waals surface area contributed by atoms with Crippen LogP contribution in [0, 0.1) is 0 Å². The Morgan fingerprint density at radius 3 is 1.04 bits per heavy atom. The lowest BCUT2D eigenvalue weighted by Gasteiger charge is -2.31. The van der Waals surface area contributed by atoms with Gasteiger partial charge in [-0.15, -0.1) is 0 Å². The van der Waals surface area contributed by atoms with Gasteiger partial charge in [-0.3, -0.25) is 29.0 Å². The number of carbonyl (C=O) groups is 4. The Balaban J connectivity index is 2.14. The van der Waals surface area contributed by atoms with Crippen LogP contribution in [0.1, 0.15) is 55.3 Å². The minimum atomic E-state index is -0.392. The fraction of sp³-hybridized carbons (Fsp3) is 0.222. The van der Waals surface area contributed by atoms with Crippen molar-refractivity contribution in [2.45, 2.75) is 13.8 Å². The van der Waals surface area contributed by atoms with Gasteiger partial charge < -0.3 is 0 Å². The Morgan fingerprint density at radius 2 is 0.833 bits per heavy atom. The highest BCUT2D eigenvalue weighted by atomic mass is 16.2. The molecule has 2 aromatic carbocycles. The van der Waals surface area contributed by atoms with Crippen molar-refractivity contribution < 1.29 is 19.2 Å². The monoisotopic (exact) mass is 322 g/mol. The summed E-state index contributed by atoms with van der Waals surface area (Å²) < 4.78 is 0. The number of hydrogen-bond donors (Lipinski definition) is 0. The standard InChI is InChI=1S/C18H14N2O4/c1-3-19-15(21)9-5-7-11-14-12(18(24)20(4-2)17(11)23)8-6-10(13(9)14)16(19)22/h5-8H,3-4H2,1-2H3. The highest BCUT2D eigenvalue weighted by Gasteiger charge is 2.38. The molecule has 0 saturated heterocycles. The SMILES string of the molecule is CCN1C(=O)c2ccc3c4c(ccc(c24)C1=O)C(=O)N(CC)C3=O. The molecule has 2 aromatic rings. The summed E-state index contributed by atoms with van der Waals surface area (Å²) in [5.41, 5.74) is 1.44. The molecule has 0 unspecified atom stereocenters. The summed E-state index contributed by atoms with van der Waals surface area (Å²) in [6.45, 7) is 4.00. The highest BCUT2D eigenvalue weighted by Crippen LogP contribution is 2.37. The molecule has 4 rings (SSSR count). The quantitative estimate of drug-likeness (QED) is 0.793. The van der Waals surface area contributed by atoms with E-state index in [-0.39, 0.29) is 13.1 Å². The first-order chi connectivity index (χ1) is 11.5. The Bertz CT molecular complexity index is 827. The van der Waals surface area contributed by atoms with Crippen molar-refractivity contribution in [1.82, 2.24) is 9.80 Å². The average molecular weight is 322 g/mol. The van der Waals surface area contributed by atoms with Crippen LogP contribution in [0.15, 0.2) is 24.3 Å². The van der Waals surface area contributed by atoms with Gasteiger partial charge in [0.2, 0.25) is 0 Å². The van der Waals surface area contributed by atoms with Crippen molar-refractivity contribution in [3.63, 3.8) is 0 Å². The van der Waals surface area contributed by atoms with Crippen LogP contribution in [0.3, 0.4) is 0 Å². The van der Waals surface area contributed by atoms with E-state index < -0.39 is 23.6 Å². The third kappa shape index (κ3) is 1.55. The Hall–Kier alpha value is -3.02. The summed E-state index contributed by atoms with van der Waals surface area (Å²) in [6, 6.07) is 6.29. The van der Waals surface area contributed by atoms with Crippen molar-refractivity contribution >= 4 is 34.4 Å². The number of hydrogen-bond acceptors (Lipinski definition) is 4. The molecule has 0 N–H and O–H groups in total. The van der Waals surface area contributed by atoms with Gasteiger partial charge in [-0.1, -0.05) is 0 Å². The summed E-state index contributed by atoms with van der Waals surface area (Å²) in [7, 11) is 0. The van der Waals surface area contributed by atoms with Gasteiger partial charge in [0.05, 0.1) is 0 Å². The van der Waals surface area contributed by atoms with Gasteiger partial charge in [0.25, 0.3) is 23.6 Å². The lowest BCUT2D eigenvalue weighted by atomic mass is 9.86. The van der Waals surface area contributed by atoms with Gasteiger partial charge in [-0.25, -0.2) is 0 Å². The molecular formula is C18H14N2O4. The summed E-state index contributed by atoms with van der Waals surface area (Å²) in [5.74, 6) is -1.57. The first-order valence-electron chi connectivity index (χ1n) is 7.83. The highest BCUT2D eigenvalue weighted by molar-refractivity contribution is 6.33. The number of benzene rings is 2. The number of amides is 4. The third-order valence-corrected chi connectivity index (χ3v) is 4.70. The van der Waals surface area contributed by atoms with Gasteiger partial charge in [0.15, 0.2) is 0 Å². The molecule has 0 saturated carbocycles. The molecule has 0 radical (unpaired) electrons. The minimum absolute atomic E-state index is 0.267. The van der Waals surface area contributed by atoms with E-state index in [4.69, 9.17) is 0 Å². The zero-order valence-electron chi connectivity index (χ0n) is 13.3. The first-order valence-corrected chi connectivity index (χ1v) is 7.83. The lowest BCUT2D eigenvalue weighted by Crippen LogP contribution is -2.43. The van der Waals surface area contributed by atoms with Crippen LogP contribution < -0.4 is 0 Å². The zero-order valence-corrected chi connectivity index (χ0v) is 13.3. The molecule has 0 atom stereocenters. The number of rotatable bonds is 2. The van der Waals surface area contributed by atoms with Crippen molar-refractivity contribution in [1.29, 1.82) is 0 Å². The van der Waals surface area contributed by atoms with Crippen LogP contribution in [-0.2, 0) is 0 Å². The maximum Gasteiger partial charge on any atom is 0.261 e. The molecule has 0 bridgehead atoms. The zero-order chi connectivity index (χ0) is 17.2.